The molecule has 1 aliphatic rings. The van der Waals surface area contributed by atoms with Crippen LogP contribution in [0, 0.1) is 13.8 Å². The van der Waals surface area contributed by atoms with E-state index >= 15 is 0 Å². The lowest BCUT2D eigenvalue weighted by Crippen LogP contribution is -2.28. The first kappa shape index (κ1) is 18.3. The lowest BCUT2D eigenvalue weighted by molar-refractivity contribution is -0.113. The van der Waals surface area contributed by atoms with Crippen molar-refractivity contribution >= 4 is 40.3 Å². The molecule has 0 radical (unpaired) electrons. The molecule has 0 N–H and O–H groups in total. The van der Waals surface area contributed by atoms with Crippen molar-refractivity contribution in [1.82, 2.24) is 0 Å². The van der Waals surface area contributed by atoms with Crippen LogP contribution in [0.1, 0.15) is 16.7 Å². The molecule has 3 aromatic rings. The molecule has 1 aliphatic heterocycles. The molecule has 1 saturated heterocycles. The molecule has 4 rings (SSSR count). The number of nitrogens with zero attached hydrogens (tertiary/aromatic N) is 2. The first-order valence-electron chi connectivity index (χ1n) is 9.11. The summed E-state index contributed by atoms with van der Waals surface area (Å²) in [6.07, 6.45) is 1.93. The fourth-order valence-corrected chi connectivity index (χ4v) is 4.05. The molecule has 0 saturated carbocycles. The predicted molar refractivity (Wildman–Crippen MR) is 119 cm³/mol. The topological polar surface area (TPSA) is 32.7 Å². The zero-order valence-corrected chi connectivity index (χ0v) is 16.6. The number of aliphatic imine (C=N–C) groups is 1. The maximum atomic E-state index is 13.2. The van der Waals surface area contributed by atoms with Gasteiger partial charge in [-0.2, -0.15) is 0 Å². The Kier molecular flexibility index (Phi) is 5.13. The van der Waals surface area contributed by atoms with Gasteiger partial charge in [-0.25, -0.2) is 4.99 Å². The van der Waals surface area contributed by atoms with Gasteiger partial charge in [0.1, 0.15) is 0 Å². The third-order valence-electron chi connectivity index (χ3n) is 4.39. The molecule has 1 heterocycles. The van der Waals surface area contributed by atoms with E-state index in [0.717, 1.165) is 28.1 Å². The van der Waals surface area contributed by atoms with Crippen molar-refractivity contribution in [2.75, 3.05) is 4.90 Å². The van der Waals surface area contributed by atoms with Crippen LogP contribution < -0.4 is 4.90 Å². The third-order valence-corrected chi connectivity index (χ3v) is 5.36. The fraction of sp³-hybridized carbons (Fsp3) is 0.0833. The van der Waals surface area contributed by atoms with Crippen LogP contribution in [0.25, 0.3) is 6.08 Å². The highest BCUT2D eigenvalue weighted by molar-refractivity contribution is 8.19. The Labute approximate surface area is 169 Å². The number of thioether (sulfide) groups is 1. The van der Waals surface area contributed by atoms with Crippen molar-refractivity contribution in [3.05, 3.63) is 100 Å². The van der Waals surface area contributed by atoms with E-state index in [4.69, 9.17) is 4.99 Å². The minimum atomic E-state index is -0.0501. The summed E-state index contributed by atoms with van der Waals surface area (Å²) in [6, 6.07) is 25.8. The molecule has 3 aromatic carbocycles. The Bertz CT molecular complexity index is 1090. The second-order valence-electron chi connectivity index (χ2n) is 6.73. The first-order chi connectivity index (χ1) is 13.6. The summed E-state index contributed by atoms with van der Waals surface area (Å²) in [5.41, 5.74) is 4.91. The molecule has 1 fully saturated rings. The first-order valence-corrected chi connectivity index (χ1v) is 9.93. The van der Waals surface area contributed by atoms with Gasteiger partial charge in [0.05, 0.1) is 16.3 Å². The monoisotopic (exact) mass is 384 g/mol. The van der Waals surface area contributed by atoms with Crippen LogP contribution in [-0.4, -0.2) is 11.1 Å². The number of rotatable bonds is 3. The average Bonchev–Trinajstić information content (AvgIpc) is 2.97. The van der Waals surface area contributed by atoms with Crippen LogP contribution in [0.2, 0.25) is 0 Å². The number of aryl methyl sites for hydroxylation is 2. The molecule has 28 heavy (non-hydrogen) atoms. The molecule has 3 nitrogen and oxygen atoms in total. The highest BCUT2D eigenvalue weighted by atomic mass is 32.2. The number of hydrogen-bond donors (Lipinski definition) is 0. The number of carbonyl (C=O) groups excluding carboxylic acids is 1. The molecule has 0 atom stereocenters. The van der Waals surface area contributed by atoms with E-state index in [1.165, 1.54) is 11.8 Å². The third kappa shape index (κ3) is 3.92. The fourth-order valence-electron chi connectivity index (χ4n) is 3.05. The van der Waals surface area contributed by atoms with Gasteiger partial charge in [-0.15, -0.1) is 0 Å². The highest BCUT2D eigenvalue weighted by Crippen LogP contribution is 2.37. The summed E-state index contributed by atoms with van der Waals surface area (Å²) in [6.45, 7) is 4.06. The van der Waals surface area contributed by atoms with Crippen LogP contribution in [0.5, 0.6) is 0 Å². The summed E-state index contributed by atoms with van der Waals surface area (Å²) in [5, 5.41) is 0.670. The Morgan fingerprint density at radius 3 is 2.29 bits per heavy atom. The Hall–Kier alpha value is -3.11. The number of benzene rings is 3. The molecular formula is C24H20N2OS. The summed E-state index contributed by atoms with van der Waals surface area (Å²) in [5.74, 6) is -0.0501. The van der Waals surface area contributed by atoms with E-state index in [1.54, 1.807) is 4.90 Å². The summed E-state index contributed by atoms with van der Waals surface area (Å²) in [7, 11) is 0. The van der Waals surface area contributed by atoms with Gasteiger partial charge in [0, 0.05) is 0 Å². The molecule has 4 heteroatoms. The second-order valence-corrected chi connectivity index (χ2v) is 7.74. The van der Waals surface area contributed by atoms with Crippen LogP contribution in [0.3, 0.4) is 0 Å². The number of carbonyl (C=O) groups is 1. The van der Waals surface area contributed by atoms with Gasteiger partial charge < -0.3 is 0 Å². The van der Waals surface area contributed by atoms with Gasteiger partial charge in [0.2, 0.25) is 0 Å². The lowest BCUT2D eigenvalue weighted by atomic mass is 10.2. The molecule has 0 aliphatic carbocycles. The molecule has 138 valence electrons. The van der Waals surface area contributed by atoms with E-state index in [-0.39, 0.29) is 5.91 Å². The van der Waals surface area contributed by atoms with Gasteiger partial charge >= 0.3 is 0 Å². The second kappa shape index (κ2) is 7.87. The minimum Gasteiger partial charge on any atom is -0.268 e. The van der Waals surface area contributed by atoms with E-state index < -0.39 is 0 Å². The summed E-state index contributed by atoms with van der Waals surface area (Å²) >= 11 is 1.41. The van der Waals surface area contributed by atoms with Gasteiger partial charge in [0.15, 0.2) is 5.17 Å². The quantitative estimate of drug-likeness (QED) is 0.510. The molecule has 1 amide bonds. The van der Waals surface area contributed by atoms with E-state index in [9.17, 15) is 4.79 Å². The number of anilines is 1. The lowest BCUT2D eigenvalue weighted by Gasteiger charge is -2.16. The van der Waals surface area contributed by atoms with Crippen LogP contribution in [0.15, 0.2) is 88.8 Å². The SMILES string of the molecule is Cc1cccc(N=C2S/C(=C/c3ccccc3)C(=O)N2c2cccc(C)c2)c1. The van der Waals surface area contributed by atoms with Crippen molar-refractivity contribution in [1.29, 1.82) is 0 Å². The Morgan fingerprint density at radius 2 is 1.57 bits per heavy atom. The van der Waals surface area contributed by atoms with Crippen molar-refractivity contribution in [3.63, 3.8) is 0 Å². The van der Waals surface area contributed by atoms with E-state index in [0.29, 0.717) is 10.1 Å². The summed E-state index contributed by atoms with van der Waals surface area (Å²) < 4.78 is 0. The maximum Gasteiger partial charge on any atom is 0.271 e. The van der Waals surface area contributed by atoms with Gasteiger partial charge in [-0.3, -0.25) is 9.69 Å². The predicted octanol–water partition coefficient (Wildman–Crippen LogP) is 6.11. The zero-order chi connectivity index (χ0) is 19.5. The van der Waals surface area contributed by atoms with E-state index in [1.807, 2.05) is 98.8 Å². The van der Waals surface area contributed by atoms with E-state index in [2.05, 4.69) is 0 Å². The van der Waals surface area contributed by atoms with Gasteiger partial charge in [-0.1, -0.05) is 54.6 Å². The number of amidine groups is 1. The molecular weight excluding hydrogens is 364 g/mol. The standard InChI is InChI=1S/C24H20N2OS/c1-17-8-6-12-20(14-17)25-24-26(21-13-7-9-18(2)15-21)23(27)22(28-24)16-19-10-4-3-5-11-19/h3-16H,1-2H3/b22-16+,25-24?. The van der Waals surface area contributed by atoms with Crippen LogP contribution in [0.4, 0.5) is 11.4 Å². The Morgan fingerprint density at radius 1 is 0.857 bits per heavy atom. The highest BCUT2D eigenvalue weighted by Gasteiger charge is 2.34. The molecule has 0 unspecified atom stereocenters. The van der Waals surface area contributed by atoms with Gasteiger partial charge in [0.25, 0.3) is 5.91 Å². The molecule has 0 bridgehead atoms. The molecule has 0 spiro atoms. The largest absolute Gasteiger partial charge is 0.271 e. The van der Waals surface area contributed by atoms with Crippen molar-refractivity contribution in [2.24, 2.45) is 4.99 Å². The van der Waals surface area contributed by atoms with Crippen LogP contribution >= 0.6 is 11.8 Å². The number of amides is 1. The molecule has 0 aromatic heterocycles. The normalized spacial score (nSPS) is 16.9. The minimum absolute atomic E-state index is 0.0501. The Balaban J connectivity index is 1.79. The maximum absolute atomic E-state index is 13.2. The zero-order valence-electron chi connectivity index (χ0n) is 15.8. The van der Waals surface area contributed by atoms with Crippen molar-refractivity contribution < 1.29 is 4.79 Å². The van der Waals surface area contributed by atoms with Crippen molar-refractivity contribution in [2.45, 2.75) is 13.8 Å². The van der Waals surface area contributed by atoms with Crippen LogP contribution in [-0.2, 0) is 4.79 Å². The van der Waals surface area contributed by atoms with Gasteiger partial charge in [-0.05, 0) is 72.6 Å². The van der Waals surface area contributed by atoms with Crippen molar-refractivity contribution in [3.8, 4) is 0 Å². The summed E-state index contributed by atoms with van der Waals surface area (Å²) in [4.78, 5) is 20.4. The average molecular weight is 385 g/mol. The smallest absolute Gasteiger partial charge is 0.268 e. The number of hydrogen-bond acceptors (Lipinski definition) is 3.